The lowest BCUT2D eigenvalue weighted by Gasteiger charge is -2.23. The molecule has 0 saturated carbocycles. The Kier molecular flexibility index (Phi) is 6.03. The van der Waals surface area contributed by atoms with E-state index in [4.69, 9.17) is 11.6 Å². The summed E-state index contributed by atoms with van der Waals surface area (Å²) in [7, 11) is 0. The van der Waals surface area contributed by atoms with Crippen molar-refractivity contribution >= 4 is 22.5 Å². The van der Waals surface area contributed by atoms with Crippen LogP contribution >= 0.6 is 11.6 Å². The number of hydrogen-bond acceptors (Lipinski definition) is 2. The van der Waals surface area contributed by atoms with E-state index in [2.05, 4.69) is 59.3 Å². The summed E-state index contributed by atoms with van der Waals surface area (Å²) in [6.07, 6.45) is 0. The number of aromatic nitrogens is 1. The van der Waals surface area contributed by atoms with Crippen molar-refractivity contribution in [3.8, 4) is 0 Å². The number of halogens is 1. The number of aromatic amines is 1. The summed E-state index contributed by atoms with van der Waals surface area (Å²) in [4.78, 5) is 18.6. The topological polar surface area (TPSA) is 36.1 Å². The van der Waals surface area contributed by atoms with Crippen LogP contribution < -0.4 is 5.43 Å². The Balaban J connectivity index is 1.66. The molecule has 4 heteroatoms. The van der Waals surface area contributed by atoms with Gasteiger partial charge in [0.15, 0.2) is 5.43 Å². The first kappa shape index (κ1) is 20.4. The van der Waals surface area contributed by atoms with Crippen molar-refractivity contribution in [2.75, 3.05) is 0 Å². The molecule has 1 N–H and O–H groups in total. The third-order valence-electron chi connectivity index (χ3n) is 5.29. The highest BCUT2D eigenvalue weighted by atomic mass is 35.5. The molecule has 4 rings (SSSR count). The monoisotopic (exact) mass is 416 g/mol. The first-order valence-corrected chi connectivity index (χ1v) is 10.5. The summed E-state index contributed by atoms with van der Waals surface area (Å²) in [5.41, 5.74) is 6.48. The van der Waals surface area contributed by atoms with Gasteiger partial charge in [0.1, 0.15) is 0 Å². The molecule has 0 radical (unpaired) electrons. The van der Waals surface area contributed by atoms with E-state index in [0.29, 0.717) is 6.54 Å². The van der Waals surface area contributed by atoms with Crippen LogP contribution in [0, 0.1) is 13.8 Å². The van der Waals surface area contributed by atoms with E-state index in [1.165, 1.54) is 11.1 Å². The molecular weight excluding hydrogens is 392 g/mol. The van der Waals surface area contributed by atoms with Crippen molar-refractivity contribution in [3.63, 3.8) is 0 Å². The van der Waals surface area contributed by atoms with Crippen LogP contribution in [0.15, 0.2) is 77.6 Å². The molecule has 0 aliphatic carbocycles. The van der Waals surface area contributed by atoms with E-state index in [-0.39, 0.29) is 5.43 Å². The lowest BCUT2D eigenvalue weighted by Crippen LogP contribution is -2.24. The Morgan fingerprint density at radius 3 is 2.20 bits per heavy atom. The standard InChI is InChI=1S/C26H25ClN2O/c1-18-12-19(2)26-24(13-18)28-23(14-25(26)30)17-29(15-20-6-4-3-5-7-20)16-21-8-10-22(27)11-9-21/h3-14H,15-17H2,1-2H3,(H,28,30). The lowest BCUT2D eigenvalue weighted by atomic mass is 10.1. The molecule has 0 fully saturated rings. The number of nitrogens with one attached hydrogen (secondary N) is 1. The largest absolute Gasteiger partial charge is 0.357 e. The van der Waals surface area contributed by atoms with Crippen molar-refractivity contribution in [2.24, 2.45) is 0 Å². The molecule has 3 nitrogen and oxygen atoms in total. The molecule has 4 aromatic rings. The number of aryl methyl sites for hydroxylation is 2. The number of hydrogen-bond donors (Lipinski definition) is 1. The fraction of sp³-hybridized carbons (Fsp3) is 0.192. The number of pyridine rings is 1. The maximum Gasteiger partial charge on any atom is 0.189 e. The van der Waals surface area contributed by atoms with Gasteiger partial charge in [0.2, 0.25) is 0 Å². The molecule has 0 aliphatic rings. The van der Waals surface area contributed by atoms with E-state index >= 15 is 0 Å². The Labute approximate surface area is 181 Å². The van der Waals surface area contributed by atoms with Crippen LogP contribution in [0.3, 0.4) is 0 Å². The van der Waals surface area contributed by atoms with E-state index in [0.717, 1.165) is 45.8 Å². The highest BCUT2D eigenvalue weighted by Crippen LogP contribution is 2.19. The number of nitrogens with zero attached hydrogens (tertiary/aromatic N) is 1. The Hall–Kier alpha value is -2.88. The molecule has 30 heavy (non-hydrogen) atoms. The van der Waals surface area contributed by atoms with Gasteiger partial charge < -0.3 is 4.98 Å². The molecule has 0 spiro atoms. The second-order valence-electron chi connectivity index (χ2n) is 7.92. The normalized spacial score (nSPS) is 11.3. The minimum absolute atomic E-state index is 0.0717. The summed E-state index contributed by atoms with van der Waals surface area (Å²) < 4.78 is 0. The van der Waals surface area contributed by atoms with E-state index < -0.39 is 0 Å². The van der Waals surface area contributed by atoms with Gasteiger partial charge in [-0.1, -0.05) is 60.1 Å². The lowest BCUT2D eigenvalue weighted by molar-refractivity contribution is 0.245. The molecule has 3 aromatic carbocycles. The molecular formula is C26H25ClN2O. The molecule has 1 heterocycles. The highest BCUT2D eigenvalue weighted by Gasteiger charge is 2.12. The molecule has 1 aromatic heterocycles. The van der Waals surface area contributed by atoms with Crippen LogP contribution in [0.4, 0.5) is 0 Å². The van der Waals surface area contributed by atoms with Crippen LogP contribution in [0.2, 0.25) is 5.02 Å². The summed E-state index contributed by atoms with van der Waals surface area (Å²) in [6.45, 7) is 6.25. The zero-order chi connectivity index (χ0) is 21.1. The quantitative estimate of drug-likeness (QED) is 0.418. The first-order chi connectivity index (χ1) is 14.5. The predicted octanol–water partition coefficient (Wildman–Crippen LogP) is 6.00. The van der Waals surface area contributed by atoms with Gasteiger partial charge in [-0.3, -0.25) is 9.69 Å². The van der Waals surface area contributed by atoms with Gasteiger partial charge in [0, 0.05) is 41.8 Å². The van der Waals surface area contributed by atoms with Crippen LogP contribution in [0.1, 0.15) is 27.9 Å². The van der Waals surface area contributed by atoms with Crippen molar-refractivity contribution in [3.05, 3.63) is 116 Å². The zero-order valence-electron chi connectivity index (χ0n) is 17.3. The minimum atomic E-state index is 0.0717. The van der Waals surface area contributed by atoms with Crippen molar-refractivity contribution in [1.29, 1.82) is 0 Å². The van der Waals surface area contributed by atoms with E-state index in [1.807, 2.05) is 31.2 Å². The van der Waals surface area contributed by atoms with Gasteiger partial charge in [-0.15, -0.1) is 0 Å². The van der Waals surface area contributed by atoms with Gasteiger partial charge in [-0.05, 0) is 54.3 Å². The fourth-order valence-electron chi connectivity index (χ4n) is 4.02. The smallest absolute Gasteiger partial charge is 0.189 e. The Morgan fingerprint density at radius 1 is 0.833 bits per heavy atom. The average Bonchev–Trinajstić information content (AvgIpc) is 2.69. The van der Waals surface area contributed by atoms with Gasteiger partial charge in [0.05, 0.1) is 5.52 Å². The summed E-state index contributed by atoms with van der Waals surface area (Å²) in [6, 6.07) is 24.2. The second-order valence-corrected chi connectivity index (χ2v) is 8.36. The average molecular weight is 417 g/mol. The minimum Gasteiger partial charge on any atom is -0.357 e. The number of benzene rings is 3. The van der Waals surface area contributed by atoms with Crippen molar-refractivity contribution in [1.82, 2.24) is 9.88 Å². The SMILES string of the molecule is Cc1cc(C)c2c(=O)cc(CN(Cc3ccccc3)Cc3ccc(Cl)cc3)[nH]c2c1. The first-order valence-electron chi connectivity index (χ1n) is 10.1. The molecule has 0 bridgehead atoms. The van der Waals surface area contributed by atoms with E-state index in [9.17, 15) is 4.79 Å². The molecule has 0 amide bonds. The summed E-state index contributed by atoms with van der Waals surface area (Å²) >= 11 is 6.05. The fourth-order valence-corrected chi connectivity index (χ4v) is 4.14. The Morgan fingerprint density at radius 2 is 1.50 bits per heavy atom. The maximum absolute atomic E-state index is 12.8. The van der Waals surface area contributed by atoms with Crippen molar-refractivity contribution in [2.45, 2.75) is 33.5 Å². The van der Waals surface area contributed by atoms with Gasteiger partial charge >= 0.3 is 0 Å². The molecule has 0 unspecified atom stereocenters. The van der Waals surface area contributed by atoms with E-state index in [1.54, 1.807) is 6.07 Å². The molecule has 0 atom stereocenters. The predicted molar refractivity (Wildman–Crippen MR) is 125 cm³/mol. The van der Waals surface area contributed by atoms with Crippen LogP contribution in [-0.2, 0) is 19.6 Å². The second kappa shape index (κ2) is 8.86. The van der Waals surface area contributed by atoms with Gasteiger partial charge in [-0.25, -0.2) is 0 Å². The van der Waals surface area contributed by atoms with Crippen molar-refractivity contribution < 1.29 is 0 Å². The Bertz CT molecular complexity index is 1210. The van der Waals surface area contributed by atoms with Crippen LogP contribution in [0.5, 0.6) is 0 Å². The zero-order valence-corrected chi connectivity index (χ0v) is 18.0. The number of fused-ring (bicyclic) bond motifs is 1. The maximum atomic E-state index is 12.8. The summed E-state index contributed by atoms with van der Waals surface area (Å²) in [5.74, 6) is 0. The molecule has 0 aliphatic heterocycles. The van der Waals surface area contributed by atoms with Crippen LogP contribution in [0.25, 0.3) is 10.9 Å². The number of rotatable bonds is 6. The molecule has 0 saturated heterocycles. The summed E-state index contributed by atoms with van der Waals surface area (Å²) in [5, 5.41) is 1.51. The third-order valence-corrected chi connectivity index (χ3v) is 5.54. The van der Waals surface area contributed by atoms with Gasteiger partial charge in [0.25, 0.3) is 0 Å². The number of H-pyrrole nitrogens is 1. The molecule has 152 valence electrons. The third kappa shape index (κ3) is 4.81. The van der Waals surface area contributed by atoms with Gasteiger partial charge in [-0.2, -0.15) is 0 Å². The van der Waals surface area contributed by atoms with Crippen LogP contribution in [-0.4, -0.2) is 9.88 Å². The highest BCUT2D eigenvalue weighted by molar-refractivity contribution is 6.30.